The van der Waals surface area contributed by atoms with E-state index in [1.165, 1.54) is 0 Å². The largest absolute Gasteiger partial charge is 0.354 e. The van der Waals surface area contributed by atoms with Gasteiger partial charge in [-0.15, -0.1) is 0 Å². The van der Waals surface area contributed by atoms with Crippen LogP contribution in [-0.2, 0) is 9.84 Å². The minimum atomic E-state index is -2.93. The molecule has 4 rings (SSSR count). The van der Waals surface area contributed by atoms with Crippen LogP contribution >= 0.6 is 0 Å². The third kappa shape index (κ3) is 2.82. The van der Waals surface area contributed by atoms with E-state index in [0.717, 1.165) is 22.3 Å². The highest BCUT2D eigenvalue weighted by Crippen LogP contribution is 2.28. The molecule has 1 aliphatic rings. The summed E-state index contributed by atoms with van der Waals surface area (Å²) in [5, 5.41) is 0.935. The summed E-state index contributed by atoms with van der Waals surface area (Å²) in [5.74, 6) is 1.71. The van der Waals surface area contributed by atoms with Gasteiger partial charge in [0, 0.05) is 36.4 Å². The van der Waals surface area contributed by atoms with Crippen molar-refractivity contribution in [3.63, 3.8) is 0 Å². The molecule has 1 saturated heterocycles. The summed E-state index contributed by atoms with van der Waals surface area (Å²) in [6.07, 6.45) is 3.44. The van der Waals surface area contributed by atoms with Crippen molar-refractivity contribution in [3.8, 4) is 11.4 Å². The average molecular weight is 340 g/mol. The van der Waals surface area contributed by atoms with E-state index in [9.17, 15) is 8.42 Å². The number of rotatable bonds is 2. The van der Waals surface area contributed by atoms with Crippen LogP contribution in [0.1, 0.15) is 0 Å². The maximum absolute atomic E-state index is 11.7. The van der Waals surface area contributed by atoms with E-state index < -0.39 is 9.84 Å². The topological polar surface area (TPSA) is 76.1 Å². The van der Waals surface area contributed by atoms with E-state index in [2.05, 4.69) is 9.97 Å². The van der Waals surface area contributed by atoms with Crippen LogP contribution in [-0.4, -0.2) is 48.0 Å². The lowest BCUT2D eigenvalue weighted by atomic mass is 10.2. The second kappa shape index (κ2) is 5.83. The zero-order chi connectivity index (χ0) is 16.6. The zero-order valence-electron chi connectivity index (χ0n) is 13.0. The van der Waals surface area contributed by atoms with Crippen LogP contribution in [0.4, 0.5) is 5.82 Å². The van der Waals surface area contributed by atoms with E-state index in [1.54, 1.807) is 12.4 Å². The second-order valence-electron chi connectivity index (χ2n) is 5.77. The zero-order valence-corrected chi connectivity index (χ0v) is 13.8. The fourth-order valence-corrected chi connectivity index (χ4v) is 4.05. The predicted octanol–water partition coefficient (Wildman–Crippen LogP) is 1.93. The molecule has 6 nitrogen and oxygen atoms in total. The molecule has 3 heterocycles. The van der Waals surface area contributed by atoms with E-state index in [-0.39, 0.29) is 11.5 Å². The van der Waals surface area contributed by atoms with Gasteiger partial charge in [-0.1, -0.05) is 12.1 Å². The molecule has 0 N–H and O–H groups in total. The molecular weight excluding hydrogens is 324 g/mol. The molecule has 2 aromatic heterocycles. The Morgan fingerprint density at radius 2 is 1.75 bits per heavy atom. The highest BCUT2D eigenvalue weighted by molar-refractivity contribution is 7.91. The predicted molar refractivity (Wildman–Crippen MR) is 93.6 cm³/mol. The van der Waals surface area contributed by atoms with Crippen molar-refractivity contribution in [1.82, 2.24) is 15.0 Å². The molecule has 0 amide bonds. The lowest BCUT2D eigenvalue weighted by Gasteiger charge is -2.28. The Morgan fingerprint density at radius 1 is 0.958 bits per heavy atom. The number of fused-ring (bicyclic) bond motifs is 1. The summed E-state index contributed by atoms with van der Waals surface area (Å²) in [6.45, 7) is 0.908. The molecule has 24 heavy (non-hydrogen) atoms. The molecule has 1 aliphatic heterocycles. The Hall–Kier alpha value is -2.54. The van der Waals surface area contributed by atoms with E-state index >= 15 is 0 Å². The third-order valence-corrected chi connectivity index (χ3v) is 5.76. The van der Waals surface area contributed by atoms with Crippen LogP contribution in [0.5, 0.6) is 0 Å². The molecule has 3 aromatic rings. The lowest BCUT2D eigenvalue weighted by Crippen LogP contribution is -2.40. The monoisotopic (exact) mass is 340 g/mol. The Labute approximate surface area is 140 Å². The number of hydrogen-bond acceptors (Lipinski definition) is 6. The van der Waals surface area contributed by atoms with Crippen molar-refractivity contribution in [2.45, 2.75) is 0 Å². The summed E-state index contributed by atoms with van der Waals surface area (Å²) in [4.78, 5) is 15.5. The normalized spacial score (nSPS) is 17.1. The van der Waals surface area contributed by atoms with Gasteiger partial charge < -0.3 is 4.90 Å². The van der Waals surface area contributed by atoms with Crippen molar-refractivity contribution < 1.29 is 8.42 Å². The number of pyridine rings is 1. The summed E-state index contributed by atoms with van der Waals surface area (Å²) < 4.78 is 23.4. The van der Waals surface area contributed by atoms with Crippen LogP contribution in [0.3, 0.4) is 0 Å². The molecule has 1 aromatic carbocycles. The average Bonchev–Trinajstić information content (AvgIpc) is 2.62. The quantitative estimate of drug-likeness (QED) is 0.709. The van der Waals surface area contributed by atoms with Crippen molar-refractivity contribution in [2.24, 2.45) is 0 Å². The molecule has 0 bridgehead atoms. The van der Waals surface area contributed by atoms with E-state index in [4.69, 9.17) is 4.98 Å². The van der Waals surface area contributed by atoms with Crippen molar-refractivity contribution >= 4 is 26.6 Å². The lowest BCUT2D eigenvalue weighted by molar-refractivity contribution is 0.586. The third-order valence-electron chi connectivity index (χ3n) is 4.15. The standard InChI is InChI=1S/C17H16N4O2S/c22-24(23)10-8-21(9-11-24)17-14-5-1-2-6-15(14)19-16(20-17)13-4-3-7-18-12-13/h1-7,12H,8-11H2. The van der Waals surface area contributed by atoms with Crippen LogP contribution in [0.15, 0.2) is 48.8 Å². The summed E-state index contributed by atoms with van der Waals surface area (Å²) in [7, 11) is -2.93. The van der Waals surface area contributed by atoms with Crippen molar-refractivity contribution in [2.75, 3.05) is 29.5 Å². The highest BCUT2D eigenvalue weighted by atomic mass is 32.2. The van der Waals surface area contributed by atoms with E-state index in [1.807, 2.05) is 41.3 Å². The Morgan fingerprint density at radius 3 is 2.50 bits per heavy atom. The Balaban J connectivity index is 1.84. The van der Waals surface area contributed by atoms with Gasteiger partial charge in [-0.05, 0) is 24.3 Å². The van der Waals surface area contributed by atoms with Gasteiger partial charge in [0.05, 0.1) is 17.0 Å². The number of sulfone groups is 1. The van der Waals surface area contributed by atoms with Gasteiger partial charge in [-0.2, -0.15) is 0 Å². The van der Waals surface area contributed by atoms with Crippen LogP contribution in [0, 0.1) is 0 Å². The van der Waals surface area contributed by atoms with Gasteiger partial charge in [0.15, 0.2) is 15.7 Å². The number of benzene rings is 1. The molecule has 0 aliphatic carbocycles. The highest BCUT2D eigenvalue weighted by Gasteiger charge is 2.24. The first-order valence-corrected chi connectivity index (χ1v) is 9.57. The first kappa shape index (κ1) is 15.0. The Kier molecular flexibility index (Phi) is 3.65. The maximum Gasteiger partial charge on any atom is 0.163 e. The van der Waals surface area contributed by atoms with Crippen molar-refractivity contribution in [1.29, 1.82) is 0 Å². The van der Waals surface area contributed by atoms with Gasteiger partial charge in [0.25, 0.3) is 0 Å². The van der Waals surface area contributed by atoms with Gasteiger partial charge in [0.1, 0.15) is 5.82 Å². The number of anilines is 1. The van der Waals surface area contributed by atoms with E-state index in [0.29, 0.717) is 18.9 Å². The smallest absolute Gasteiger partial charge is 0.163 e. The summed E-state index contributed by atoms with van der Waals surface area (Å²) in [6, 6.07) is 11.6. The number of para-hydroxylation sites is 1. The molecule has 0 atom stereocenters. The first-order chi connectivity index (χ1) is 11.6. The van der Waals surface area contributed by atoms with Crippen molar-refractivity contribution in [3.05, 3.63) is 48.8 Å². The molecule has 0 saturated carbocycles. The molecule has 122 valence electrons. The number of hydrogen-bond donors (Lipinski definition) is 0. The summed E-state index contributed by atoms with van der Waals surface area (Å²) >= 11 is 0. The molecular formula is C17H16N4O2S. The molecule has 7 heteroatoms. The van der Waals surface area contributed by atoms with Gasteiger partial charge in [-0.3, -0.25) is 4.98 Å². The first-order valence-electron chi connectivity index (χ1n) is 7.75. The molecule has 0 unspecified atom stereocenters. The maximum atomic E-state index is 11.7. The van der Waals surface area contributed by atoms with Crippen LogP contribution in [0.25, 0.3) is 22.3 Å². The summed E-state index contributed by atoms with van der Waals surface area (Å²) in [5.41, 5.74) is 1.68. The molecule has 0 radical (unpaired) electrons. The van der Waals surface area contributed by atoms with Gasteiger partial charge in [-0.25, -0.2) is 18.4 Å². The fourth-order valence-electron chi connectivity index (χ4n) is 2.85. The van der Waals surface area contributed by atoms with Gasteiger partial charge in [0.2, 0.25) is 0 Å². The second-order valence-corrected chi connectivity index (χ2v) is 8.07. The van der Waals surface area contributed by atoms with Gasteiger partial charge >= 0.3 is 0 Å². The Bertz CT molecular complexity index is 976. The minimum absolute atomic E-state index is 0.160. The molecule has 0 spiro atoms. The SMILES string of the molecule is O=S1(=O)CCN(c2nc(-c3cccnc3)nc3ccccc23)CC1. The van der Waals surface area contributed by atoms with Crippen LogP contribution < -0.4 is 4.90 Å². The number of aromatic nitrogens is 3. The fraction of sp³-hybridized carbons (Fsp3) is 0.235. The minimum Gasteiger partial charge on any atom is -0.354 e. The number of nitrogens with zero attached hydrogens (tertiary/aromatic N) is 4. The molecule has 1 fully saturated rings. The van der Waals surface area contributed by atoms with Crippen LogP contribution in [0.2, 0.25) is 0 Å².